The molecule has 7 heteroatoms. The Balaban J connectivity index is 2.38. The zero-order chi connectivity index (χ0) is 15.6. The van der Waals surface area contributed by atoms with E-state index in [1.807, 2.05) is 0 Å². The molecule has 2 aromatic rings. The zero-order valence-electron chi connectivity index (χ0n) is 10.2. The smallest absolute Gasteiger partial charge is 0.416 e. The summed E-state index contributed by atoms with van der Waals surface area (Å²) in [6.07, 6.45) is -3.94. The number of ether oxygens (including phenoxy) is 1. The minimum Gasteiger partial charge on any atom is -0.454 e. The quantitative estimate of drug-likeness (QED) is 0.681. The van der Waals surface area contributed by atoms with E-state index in [1.54, 1.807) is 12.1 Å². The van der Waals surface area contributed by atoms with Crippen LogP contribution in [0.25, 0.3) is 0 Å². The number of carbonyl (C=O) groups excluding carboxylic acids is 1. The second-order valence-corrected chi connectivity index (χ2v) is 4.87. The maximum absolute atomic E-state index is 12.6. The normalized spacial score (nSPS) is 11.3. The first-order chi connectivity index (χ1) is 9.81. The number of hydrogen-bond acceptors (Lipinski definition) is 2. The summed E-state index contributed by atoms with van der Waals surface area (Å²) in [6.45, 7) is 0. The van der Waals surface area contributed by atoms with Gasteiger partial charge < -0.3 is 4.74 Å². The SMILES string of the molecule is O=Cc1cccc(Oc2c(Cl)cc(C(F)(F)F)cc2Cl)c1. The Hall–Kier alpha value is -1.72. The molecule has 0 heterocycles. The number of benzene rings is 2. The van der Waals surface area contributed by atoms with Crippen molar-refractivity contribution in [1.82, 2.24) is 0 Å². The van der Waals surface area contributed by atoms with Gasteiger partial charge in [0.25, 0.3) is 0 Å². The standard InChI is InChI=1S/C14H7Cl2F3O2/c15-11-5-9(14(17,18)19)6-12(16)13(11)21-10-3-1-2-8(4-10)7-20/h1-7H. The Morgan fingerprint density at radius 3 is 2.19 bits per heavy atom. The molecule has 2 rings (SSSR count). The first-order valence-electron chi connectivity index (χ1n) is 5.60. The first kappa shape index (κ1) is 15.7. The van der Waals surface area contributed by atoms with Crippen LogP contribution >= 0.6 is 23.2 Å². The van der Waals surface area contributed by atoms with Gasteiger partial charge in [0.2, 0.25) is 0 Å². The Kier molecular flexibility index (Phi) is 4.44. The lowest BCUT2D eigenvalue weighted by atomic mass is 10.2. The van der Waals surface area contributed by atoms with Crippen molar-refractivity contribution in [1.29, 1.82) is 0 Å². The van der Waals surface area contributed by atoms with Gasteiger partial charge in [-0.1, -0.05) is 35.3 Å². The van der Waals surface area contributed by atoms with E-state index >= 15 is 0 Å². The Morgan fingerprint density at radius 2 is 1.67 bits per heavy atom. The Morgan fingerprint density at radius 1 is 1.05 bits per heavy atom. The van der Waals surface area contributed by atoms with E-state index in [0.29, 0.717) is 11.8 Å². The van der Waals surface area contributed by atoms with Crippen LogP contribution in [0.5, 0.6) is 11.5 Å². The van der Waals surface area contributed by atoms with E-state index < -0.39 is 11.7 Å². The molecule has 0 saturated carbocycles. The monoisotopic (exact) mass is 334 g/mol. The van der Waals surface area contributed by atoms with Gasteiger partial charge in [-0.15, -0.1) is 0 Å². The molecular weight excluding hydrogens is 328 g/mol. The molecule has 0 bridgehead atoms. The molecule has 0 spiro atoms. The highest BCUT2D eigenvalue weighted by atomic mass is 35.5. The summed E-state index contributed by atoms with van der Waals surface area (Å²) in [5.41, 5.74) is -0.613. The number of carbonyl (C=O) groups is 1. The second-order valence-electron chi connectivity index (χ2n) is 4.06. The third-order valence-corrected chi connectivity index (χ3v) is 3.10. The van der Waals surface area contributed by atoms with E-state index in [-0.39, 0.29) is 21.5 Å². The predicted octanol–water partition coefficient (Wildman–Crippen LogP) is 5.62. The molecule has 2 aromatic carbocycles. The van der Waals surface area contributed by atoms with Gasteiger partial charge in [0.1, 0.15) is 12.0 Å². The average Bonchev–Trinajstić information content (AvgIpc) is 2.42. The summed E-state index contributed by atoms with van der Waals surface area (Å²) in [7, 11) is 0. The molecule has 21 heavy (non-hydrogen) atoms. The van der Waals surface area contributed by atoms with Crippen molar-refractivity contribution in [2.75, 3.05) is 0 Å². The summed E-state index contributed by atoms with van der Waals surface area (Å²) in [5.74, 6) is 0.137. The number of rotatable bonds is 3. The summed E-state index contributed by atoms with van der Waals surface area (Å²) in [6, 6.07) is 7.51. The van der Waals surface area contributed by atoms with Gasteiger partial charge >= 0.3 is 6.18 Å². The average molecular weight is 335 g/mol. The fourth-order valence-electron chi connectivity index (χ4n) is 1.59. The van der Waals surface area contributed by atoms with Crippen molar-refractivity contribution in [2.24, 2.45) is 0 Å². The molecule has 0 radical (unpaired) electrons. The molecule has 0 amide bonds. The highest BCUT2D eigenvalue weighted by Gasteiger charge is 2.32. The van der Waals surface area contributed by atoms with Gasteiger partial charge in [0.15, 0.2) is 5.75 Å². The van der Waals surface area contributed by atoms with Crippen molar-refractivity contribution in [3.05, 3.63) is 57.6 Å². The molecule has 0 fully saturated rings. The molecule has 0 atom stereocenters. The van der Waals surface area contributed by atoms with Gasteiger partial charge in [0, 0.05) is 5.56 Å². The highest BCUT2D eigenvalue weighted by molar-refractivity contribution is 6.37. The van der Waals surface area contributed by atoms with Crippen LogP contribution in [0.15, 0.2) is 36.4 Å². The van der Waals surface area contributed by atoms with Gasteiger partial charge in [-0.2, -0.15) is 13.2 Å². The maximum Gasteiger partial charge on any atom is 0.416 e. The fraction of sp³-hybridized carbons (Fsp3) is 0.0714. The van der Waals surface area contributed by atoms with Crippen molar-refractivity contribution in [2.45, 2.75) is 6.18 Å². The number of halogens is 5. The van der Waals surface area contributed by atoms with Crippen LogP contribution in [0, 0.1) is 0 Å². The first-order valence-corrected chi connectivity index (χ1v) is 6.36. The third-order valence-electron chi connectivity index (χ3n) is 2.54. The van der Waals surface area contributed by atoms with Crippen LogP contribution in [0.1, 0.15) is 15.9 Å². The van der Waals surface area contributed by atoms with E-state index in [9.17, 15) is 18.0 Å². The summed E-state index contributed by atoms with van der Waals surface area (Å²) in [4.78, 5) is 10.7. The van der Waals surface area contributed by atoms with Crippen LogP contribution in [0.2, 0.25) is 10.0 Å². The van der Waals surface area contributed by atoms with Crippen LogP contribution in [0.3, 0.4) is 0 Å². The predicted molar refractivity (Wildman–Crippen MR) is 73.4 cm³/mol. The van der Waals surface area contributed by atoms with Gasteiger partial charge in [-0.25, -0.2) is 0 Å². The summed E-state index contributed by atoms with van der Waals surface area (Å²) >= 11 is 11.6. The molecule has 2 nitrogen and oxygen atoms in total. The van der Waals surface area contributed by atoms with Gasteiger partial charge in [-0.05, 0) is 24.3 Å². The number of hydrogen-bond donors (Lipinski definition) is 0. The topological polar surface area (TPSA) is 26.3 Å². The third kappa shape index (κ3) is 3.68. The molecule has 110 valence electrons. The van der Waals surface area contributed by atoms with Crippen LogP contribution in [0.4, 0.5) is 13.2 Å². The lowest BCUT2D eigenvalue weighted by molar-refractivity contribution is -0.137. The molecule has 0 aliphatic rings. The van der Waals surface area contributed by atoms with Crippen molar-refractivity contribution in [3.8, 4) is 11.5 Å². The van der Waals surface area contributed by atoms with Crippen LogP contribution in [-0.2, 0) is 6.18 Å². The van der Waals surface area contributed by atoms with Crippen molar-refractivity contribution in [3.63, 3.8) is 0 Å². The van der Waals surface area contributed by atoms with E-state index in [1.165, 1.54) is 12.1 Å². The molecule has 0 aliphatic carbocycles. The van der Waals surface area contributed by atoms with Crippen LogP contribution in [-0.4, -0.2) is 6.29 Å². The number of alkyl halides is 3. The van der Waals surface area contributed by atoms with E-state index in [2.05, 4.69) is 0 Å². The second kappa shape index (κ2) is 5.95. The van der Waals surface area contributed by atoms with Gasteiger partial charge in [0.05, 0.1) is 15.6 Å². The van der Waals surface area contributed by atoms with Gasteiger partial charge in [-0.3, -0.25) is 4.79 Å². The molecule has 0 N–H and O–H groups in total. The molecule has 0 saturated heterocycles. The summed E-state index contributed by atoms with van der Waals surface area (Å²) < 4.78 is 43.2. The number of aldehydes is 1. The highest BCUT2D eigenvalue weighted by Crippen LogP contribution is 2.41. The minimum atomic E-state index is -4.55. The minimum absolute atomic E-state index is 0.102. The largest absolute Gasteiger partial charge is 0.454 e. The lowest BCUT2D eigenvalue weighted by Gasteiger charge is -2.13. The Labute approximate surface area is 128 Å². The maximum atomic E-state index is 12.6. The molecule has 0 aromatic heterocycles. The van der Waals surface area contributed by atoms with E-state index in [0.717, 1.165) is 12.1 Å². The fourth-order valence-corrected chi connectivity index (χ4v) is 2.15. The zero-order valence-corrected chi connectivity index (χ0v) is 11.8. The van der Waals surface area contributed by atoms with E-state index in [4.69, 9.17) is 27.9 Å². The lowest BCUT2D eigenvalue weighted by Crippen LogP contribution is -2.05. The molecule has 0 unspecified atom stereocenters. The van der Waals surface area contributed by atoms with Crippen LogP contribution < -0.4 is 4.74 Å². The summed E-state index contributed by atoms with van der Waals surface area (Å²) in [5, 5.41) is -0.544. The molecular formula is C14H7Cl2F3O2. The molecule has 0 aliphatic heterocycles. The van der Waals surface area contributed by atoms with Crippen molar-refractivity contribution < 1.29 is 22.7 Å². The van der Waals surface area contributed by atoms with Crippen molar-refractivity contribution >= 4 is 29.5 Å². The Bertz CT molecular complexity index is 661.